The molecule has 27 heavy (non-hydrogen) atoms. The number of para-hydroxylation sites is 1. The first-order valence-electron chi connectivity index (χ1n) is 8.69. The Morgan fingerprint density at radius 3 is 1.96 bits per heavy atom. The Balaban J connectivity index is 1.82. The summed E-state index contributed by atoms with van der Waals surface area (Å²) in [5.41, 5.74) is 1.05. The van der Waals surface area contributed by atoms with Gasteiger partial charge in [0.15, 0.2) is 0 Å². The van der Waals surface area contributed by atoms with Crippen LogP contribution < -0.4 is 4.90 Å². The van der Waals surface area contributed by atoms with E-state index in [9.17, 15) is 10.1 Å². The Bertz CT molecular complexity index is 1060. The highest BCUT2D eigenvalue weighted by atomic mass is 16.2. The predicted octanol–water partition coefficient (Wildman–Crippen LogP) is 4.34. The van der Waals surface area contributed by atoms with E-state index in [1.807, 2.05) is 91.0 Å². The zero-order chi connectivity index (χ0) is 18.7. The largest absolute Gasteiger partial charge is 0.299 e. The summed E-state index contributed by atoms with van der Waals surface area (Å²) in [4.78, 5) is 14.8. The van der Waals surface area contributed by atoms with Crippen LogP contribution in [0.3, 0.4) is 0 Å². The van der Waals surface area contributed by atoms with Crippen molar-refractivity contribution >= 4 is 11.6 Å². The molecule has 1 aliphatic rings. The number of benzene rings is 3. The maximum absolute atomic E-state index is 13.1. The molecule has 1 fully saturated rings. The number of nitrogens with zero attached hydrogens (tertiary/aromatic N) is 2. The third-order valence-electron chi connectivity index (χ3n) is 4.73. The van der Waals surface area contributed by atoms with Gasteiger partial charge in [0.05, 0.1) is 6.07 Å². The lowest BCUT2D eigenvalue weighted by Crippen LogP contribution is -2.62. The molecule has 0 saturated carbocycles. The molecule has 1 heterocycles. The van der Waals surface area contributed by atoms with Crippen molar-refractivity contribution in [3.8, 4) is 17.9 Å². The van der Waals surface area contributed by atoms with Crippen LogP contribution in [0, 0.1) is 28.6 Å². The molecule has 0 aliphatic carbocycles. The zero-order valence-corrected chi connectivity index (χ0v) is 14.5. The fourth-order valence-electron chi connectivity index (χ4n) is 3.39. The molecule has 1 saturated heterocycles. The molecule has 0 spiro atoms. The van der Waals surface area contributed by atoms with Gasteiger partial charge in [-0.2, -0.15) is 5.26 Å². The first-order chi connectivity index (χ1) is 13.3. The van der Waals surface area contributed by atoms with Crippen molar-refractivity contribution in [3.05, 3.63) is 102 Å². The average molecular weight is 348 g/mol. The van der Waals surface area contributed by atoms with Gasteiger partial charge in [-0.25, -0.2) is 0 Å². The Morgan fingerprint density at radius 1 is 0.815 bits per heavy atom. The fraction of sp³-hybridized carbons (Fsp3) is 0.0833. The number of hydrogen-bond donors (Lipinski definition) is 0. The number of amides is 1. The summed E-state index contributed by atoms with van der Waals surface area (Å²) in [7, 11) is 0. The second kappa shape index (κ2) is 6.83. The van der Waals surface area contributed by atoms with Crippen LogP contribution >= 0.6 is 0 Å². The van der Waals surface area contributed by atoms with Gasteiger partial charge in [0.25, 0.3) is 5.91 Å². The van der Waals surface area contributed by atoms with E-state index in [1.165, 1.54) is 0 Å². The lowest BCUT2D eigenvalue weighted by molar-refractivity contribution is -0.131. The van der Waals surface area contributed by atoms with Gasteiger partial charge in [-0.15, -0.1) is 0 Å². The van der Waals surface area contributed by atoms with Crippen molar-refractivity contribution in [3.63, 3.8) is 0 Å². The van der Waals surface area contributed by atoms with Gasteiger partial charge < -0.3 is 0 Å². The van der Waals surface area contributed by atoms with E-state index in [4.69, 9.17) is 0 Å². The number of hydrogen-bond acceptors (Lipinski definition) is 2. The molecule has 0 aromatic heterocycles. The third-order valence-corrected chi connectivity index (χ3v) is 4.73. The second-order valence-electron chi connectivity index (χ2n) is 6.36. The van der Waals surface area contributed by atoms with Gasteiger partial charge in [0, 0.05) is 11.3 Å². The summed E-state index contributed by atoms with van der Waals surface area (Å²) in [6, 6.07) is 30.2. The molecule has 3 aromatic rings. The molecule has 128 valence electrons. The Hall–Kier alpha value is -3.82. The minimum absolute atomic E-state index is 0.284. The van der Waals surface area contributed by atoms with E-state index in [1.54, 1.807) is 4.90 Å². The Labute approximate surface area is 158 Å². The number of nitriles is 1. The van der Waals surface area contributed by atoms with Crippen LogP contribution in [0.5, 0.6) is 0 Å². The lowest BCUT2D eigenvalue weighted by Gasteiger charge is -2.49. The first kappa shape index (κ1) is 16.6. The topological polar surface area (TPSA) is 44.1 Å². The summed E-state index contributed by atoms with van der Waals surface area (Å²) in [6.45, 7) is 0. The molecule has 1 amide bonds. The van der Waals surface area contributed by atoms with E-state index in [2.05, 4.69) is 17.9 Å². The predicted molar refractivity (Wildman–Crippen MR) is 104 cm³/mol. The van der Waals surface area contributed by atoms with Crippen LogP contribution in [0.25, 0.3) is 0 Å². The van der Waals surface area contributed by atoms with Crippen molar-refractivity contribution in [2.24, 2.45) is 5.41 Å². The number of rotatable bonds is 2. The van der Waals surface area contributed by atoms with Crippen molar-refractivity contribution in [1.82, 2.24) is 0 Å². The van der Waals surface area contributed by atoms with Crippen molar-refractivity contribution in [2.75, 3.05) is 4.90 Å². The molecular formula is C24H16N2O. The maximum Gasteiger partial charge on any atom is 0.263 e. The summed E-state index contributed by atoms with van der Waals surface area (Å²) < 4.78 is 0. The van der Waals surface area contributed by atoms with Crippen molar-refractivity contribution in [2.45, 2.75) is 6.04 Å². The van der Waals surface area contributed by atoms with Crippen LogP contribution in [-0.4, -0.2) is 5.91 Å². The smallest absolute Gasteiger partial charge is 0.263 e. The monoisotopic (exact) mass is 348 g/mol. The van der Waals surface area contributed by atoms with Gasteiger partial charge in [-0.3, -0.25) is 9.69 Å². The van der Waals surface area contributed by atoms with Gasteiger partial charge in [-0.05, 0) is 29.8 Å². The normalized spacial score (nSPS) is 20.8. The molecule has 0 N–H and O–H groups in total. The standard InChI is InChI=1S/C24H16N2O/c25-18-24(17-16-19-10-4-1-5-11-19)22(20-12-6-2-7-13-20)26(23(24)27)21-14-8-3-9-15-21/h1-15,22H/t22-,24+/m1/s1. The summed E-state index contributed by atoms with van der Waals surface area (Å²) in [5, 5.41) is 9.98. The highest BCUT2D eigenvalue weighted by Crippen LogP contribution is 2.51. The molecular weight excluding hydrogens is 332 g/mol. The highest BCUT2D eigenvalue weighted by molar-refractivity contribution is 6.10. The van der Waals surface area contributed by atoms with Gasteiger partial charge in [0.1, 0.15) is 6.04 Å². The van der Waals surface area contributed by atoms with Gasteiger partial charge in [0.2, 0.25) is 5.41 Å². The highest BCUT2D eigenvalue weighted by Gasteiger charge is 2.62. The van der Waals surface area contributed by atoms with Crippen LogP contribution in [0.4, 0.5) is 5.69 Å². The molecule has 3 nitrogen and oxygen atoms in total. The van der Waals surface area contributed by atoms with Crippen LogP contribution in [0.1, 0.15) is 17.2 Å². The molecule has 1 aliphatic heterocycles. The average Bonchev–Trinajstić information content (AvgIpc) is 2.74. The van der Waals surface area contributed by atoms with Gasteiger partial charge >= 0.3 is 0 Å². The number of β-lactam (4-membered cyclic amide) rings is 1. The molecule has 0 unspecified atom stereocenters. The Kier molecular flexibility index (Phi) is 4.21. The summed E-state index contributed by atoms with van der Waals surface area (Å²) >= 11 is 0. The van der Waals surface area contributed by atoms with E-state index in [0.29, 0.717) is 0 Å². The van der Waals surface area contributed by atoms with E-state index in [-0.39, 0.29) is 5.91 Å². The van der Waals surface area contributed by atoms with Crippen LogP contribution in [0.15, 0.2) is 91.0 Å². The summed E-state index contributed by atoms with van der Waals surface area (Å²) in [6.07, 6.45) is 0. The lowest BCUT2D eigenvalue weighted by atomic mass is 9.68. The molecule has 3 aromatic carbocycles. The van der Waals surface area contributed by atoms with Crippen molar-refractivity contribution in [1.29, 1.82) is 5.26 Å². The van der Waals surface area contributed by atoms with E-state index < -0.39 is 11.5 Å². The maximum atomic E-state index is 13.1. The van der Waals surface area contributed by atoms with Crippen molar-refractivity contribution < 1.29 is 4.79 Å². The van der Waals surface area contributed by atoms with E-state index in [0.717, 1.165) is 16.8 Å². The number of anilines is 1. The fourth-order valence-corrected chi connectivity index (χ4v) is 3.39. The third kappa shape index (κ3) is 2.76. The minimum Gasteiger partial charge on any atom is -0.299 e. The van der Waals surface area contributed by atoms with Gasteiger partial charge in [-0.1, -0.05) is 78.6 Å². The summed E-state index contributed by atoms with van der Waals surface area (Å²) in [5.74, 6) is 5.73. The molecule has 3 heteroatoms. The quantitative estimate of drug-likeness (QED) is 0.511. The molecule has 0 radical (unpaired) electrons. The van der Waals surface area contributed by atoms with Crippen LogP contribution in [-0.2, 0) is 4.79 Å². The van der Waals surface area contributed by atoms with Crippen LogP contribution in [0.2, 0.25) is 0 Å². The SMILES string of the molecule is N#C[C@]1(C#Cc2ccccc2)C(=O)N(c2ccccc2)[C@@H]1c1ccccc1. The molecule has 2 atom stereocenters. The minimum atomic E-state index is -1.40. The zero-order valence-electron chi connectivity index (χ0n) is 14.5. The first-order valence-corrected chi connectivity index (χ1v) is 8.69. The molecule has 4 rings (SSSR count). The number of carbonyl (C=O) groups excluding carboxylic acids is 1. The molecule has 0 bridgehead atoms. The number of carbonyl (C=O) groups is 1. The van der Waals surface area contributed by atoms with E-state index >= 15 is 0 Å². The second-order valence-corrected chi connectivity index (χ2v) is 6.36. The Morgan fingerprint density at radius 2 is 1.37 bits per heavy atom.